The summed E-state index contributed by atoms with van der Waals surface area (Å²) in [4.78, 5) is 0. The van der Waals surface area contributed by atoms with Gasteiger partial charge in [-0.3, -0.25) is 4.57 Å². The summed E-state index contributed by atoms with van der Waals surface area (Å²) in [5.74, 6) is 1.73. The third kappa shape index (κ3) is 3.79. The predicted molar refractivity (Wildman–Crippen MR) is 112 cm³/mol. The minimum absolute atomic E-state index is 0.743. The van der Waals surface area contributed by atoms with Crippen molar-refractivity contribution in [2.45, 2.75) is 43.2 Å². The topological polar surface area (TPSA) is 22.8 Å². The fraction of sp³-hybridized carbons (Fsp3) is 0.333. The average molecular weight is 382 g/mol. The van der Waals surface area contributed by atoms with Crippen LogP contribution in [-0.4, -0.2) is 19.6 Å². The molecule has 0 atom stereocenters. The predicted octanol–water partition coefficient (Wildman–Crippen LogP) is 6.09. The molecule has 0 N–H and O–H groups in total. The first-order valence-corrected chi connectivity index (χ1v) is 10.7. The first-order valence-electron chi connectivity index (χ1n) is 9.25. The second kappa shape index (κ2) is 8.23. The summed E-state index contributed by atoms with van der Waals surface area (Å²) in [5.41, 5.74) is 2.15. The maximum atomic E-state index is 5.81. The molecule has 0 aliphatic heterocycles. The van der Waals surface area contributed by atoms with Crippen LogP contribution >= 0.6 is 24.0 Å². The number of hydrogen-bond donors (Lipinski definition) is 0. The number of para-hydroxylation sites is 1. The zero-order valence-corrected chi connectivity index (χ0v) is 16.4. The van der Waals surface area contributed by atoms with Gasteiger partial charge >= 0.3 is 0 Å². The molecule has 134 valence electrons. The Hall–Kier alpha value is -1.85. The number of hydrogen-bond acceptors (Lipinski definition) is 3. The molecule has 0 unspecified atom stereocenters. The van der Waals surface area contributed by atoms with Crippen molar-refractivity contribution in [3.63, 3.8) is 0 Å². The molecule has 0 radical (unpaired) electrons. The van der Waals surface area contributed by atoms with Gasteiger partial charge in [0.15, 0.2) is 5.82 Å². The molecule has 1 aliphatic rings. The third-order valence-corrected chi connectivity index (χ3v) is 6.60. The van der Waals surface area contributed by atoms with E-state index < -0.39 is 0 Å². The summed E-state index contributed by atoms with van der Waals surface area (Å²) in [6, 6.07) is 20.6. The quantitative estimate of drug-likeness (QED) is 0.499. The van der Waals surface area contributed by atoms with E-state index in [-0.39, 0.29) is 0 Å². The molecule has 2 aromatic carbocycles. The van der Waals surface area contributed by atoms with E-state index in [0.717, 1.165) is 33.0 Å². The Morgan fingerprint density at radius 2 is 1.58 bits per heavy atom. The Morgan fingerprint density at radius 1 is 0.923 bits per heavy atom. The highest BCUT2D eigenvalue weighted by molar-refractivity contribution is 7.98. The van der Waals surface area contributed by atoms with E-state index in [2.05, 4.69) is 28.8 Å². The van der Waals surface area contributed by atoms with Crippen molar-refractivity contribution in [3.05, 3.63) is 65.4 Å². The summed E-state index contributed by atoms with van der Waals surface area (Å²) >= 11 is 7.81. The lowest BCUT2D eigenvalue weighted by Gasteiger charge is -2.20. The minimum Gasteiger partial charge on any atom is -0.268 e. The highest BCUT2D eigenvalue weighted by Gasteiger charge is 2.17. The lowest BCUT2D eigenvalue weighted by Crippen LogP contribution is -2.10. The Kier molecular flexibility index (Phi) is 5.56. The molecule has 0 saturated heterocycles. The van der Waals surface area contributed by atoms with Crippen LogP contribution in [-0.2, 0) is 5.88 Å². The van der Waals surface area contributed by atoms with Gasteiger partial charge in [-0.25, -0.2) is 4.68 Å². The molecule has 4 rings (SSSR count). The average Bonchev–Trinajstić information content (AvgIpc) is 3.05. The molecular formula is C21H23N3S2. The van der Waals surface area contributed by atoms with E-state index >= 15 is 0 Å². The lowest BCUT2D eigenvalue weighted by atomic mass is 10.0. The Balaban J connectivity index is 1.69. The smallest absolute Gasteiger partial charge is 0.203 e. The molecule has 0 spiro atoms. The SMILES string of the molecule is S=c1n(CSC2CCCCC2)nc(-c2ccccc2)n1-c1ccccc1. The number of benzene rings is 2. The summed E-state index contributed by atoms with van der Waals surface area (Å²) in [5, 5.41) is 5.64. The van der Waals surface area contributed by atoms with Gasteiger partial charge in [0, 0.05) is 16.5 Å². The molecular weight excluding hydrogens is 358 g/mol. The monoisotopic (exact) mass is 381 g/mol. The largest absolute Gasteiger partial charge is 0.268 e. The van der Waals surface area contributed by atoms with Crippen molar-refractivity contribution in [1.82, 2.24) is 14.3 Å². The van der Waals surface area contributed by atoms with Crippen LogP contribution in [0.25, 0.3) is 17.1 Å². The molecule has 1 heterocycles. The molecule has 3 nitrogen and oxygen atoms in total. The van der Waals surface area contributed by atoms with Crippen molar-refractivity contribution in [1.29, 1.82) is 0 Å². The van der Waals surface area contributed by atoms with Crippen LogP contribution in [0.15, 0.2) is 60.7 Å². The van der Waals surface area contributed by atoms with Gasteiger partial charge in [0.2, 0.25) is 4.77 Å². The van der Waals surface area contributed by atoms with Crippen LogP contribution in [0, 0.1) is 4.77 Å². The first-order chi connectivity index (χ1) is 12.8. The minimum atomic E-state index is 0.743. The van der Waals surface area contributed by atoms with E-state index in [4.69, 9.17) is 17.3 Å². The van der Waals surface area contributed by atoms with Gasteiger partial charge in [-0.1, -0.05) is 67.8 Å². The molecule has 26 heavy (non-hydrogen) atoms. The second-order valence-electron chi connectivity index (χ2n) is 6.70. The molecule has 5 heteroatoms. The fourth-order valence-electron chi connectivity index (χ4n) is 3.48. The van der Waals surface area contributed by atoms with Crippen molar-refractivity contribution in [2.75, 3.05) is 0 Å². The summed E-state index contributed by atoms with van der Waals surface area (Å²) in [7, 11) is 0. The van der Waals surface area contributed by atoms with E-state index in [1.54, 1.807) is 0 Å². The molecule has 1 fully saturated rings. The van der Waals surface area contributed by atoms with Gasteiger partial charge in [0.1, 0.15) is 0 Å². The van der Waals surface area contributed by atoms with Crippen molar-refractivity contribution in [3.8, 4) is 17.1 Å². The summed E-state index contributed by atoms with van der Waals surface area (Å²) in [6.45, 7) is 0. The molecule has 3 aromatic rings. The van der Waals surface area contributed by atoms with Gasteiger partial charge in [-0.2, -0.15) is 5.10 Å². The number of rotatable bonds is 5. The highest BCUT2D eigenvalue weighted by atomic mass is 32.2. The zero-order chi connectivity index (χ0) is 17.8. The first kappa shape index (κ1) is 17.6. The molecule has 0 bridgehead atoms. The lowest BCUT2D eigenvalue weighted by molar-refractivity contribution is 0.514. The Bertz CT molecular complexity index is 894. The highest BCUT2D eigenvalue weighted by Crippen LogP contribution is 2.30. The third-order valence-electron chi connectivity index (χ3n) is 4.87. The fourth-order valence-corrected chi connectivity index (χ4v) is 5.06. The zero-order valence-electron chi connectivity index (χ0n) is 14.8. The van der Waals surface area contributed by atoms with Gasteiger partial charge in [0.25, 0.3) is 0 Å². The van der Waals surface area contributed by atoms with Crippen LogP contribution < -0.4 is 0 Å². The molecule has 1 saturated carbocycles. The standard InChI is InChI=1S/C21H23N3S2/c25-21-23(16-26-19-14-8-3-9-15-19)22-20(17-10-4-1-5-11-17)24(21)18-12-6-2-7-13-18/h1-2,4-7,10-13,19H,3,8-9,14-16H2. The van der Waals surface area contributed by atoms with E-state index in [1.807, 2.05) is 52.8 Å². The van der Waals surface area contributed by atoms with Gasteiger partial charge in [0.05, 0.1) is 5.88 Å². The summed E-state index contributed by atoms with van der Waals surface area (Å²) < 4.78 is 4.84. The van der Waals surface area contributed by atoms with Crippen molar-refractivity contribution in [2.24, 2.45) is 0 Å². The van der Waals surface area contributed by atoms with Gasteiger partial charge < -0.3 is 0 Å². The van der Waals surface area contributed by atoms with Crippen molar-refractivity contribution < 1.29 is 0 Å². The van der Waals surface area contributed by atoms with E-state index in [0.29, 0.717) is 0 Å². The normalized spacial score (nSPS) is 15.2. The Morgan fingerprint density at radius 3 is 2.27 bits per heavy atom. The van der Waals surface area contributed by atoms with Crippen LogP contribution in [0.5, 0.6) is 0 Å². The van der Waals surface area contributed by atoms with Crippen molar-refractivity contribution >= 4 is 24.0 Å². The van der Waals surface area contributed by atoms with Gasteiger partial charge in [-0.15, -0.1) is 11.8 Å². The molecule has 1 aliphatic carbocycles. The molecule has 0 amide bonds. The van der Waals surface area contributed by atoms with Crippen LogP contribution in [0.4, 0.5) is 0 Å². The van der Waals surface area contributed by atoms with E-state index in [1.165, 1.54) is 32.1 Å². The van der Waals surface area contributed by atoms with Crippen LogP contribution in [0.2, 0.25) is 0 Å². The maximum absolute atomic E-state index is 5.81. The number of thioether (sulfide) groups is 1. The van der Waals surface area contributed by atoms with E-state index in [9.17, 15) is 0 Å². The van der Waals surface area contributed by atoms with Crippen LogP contribution in [0.1, 0.15) is 32.1 Å². The summed E-state index contributed by atoms with van der Waals surface area (Å²) in [6.07, 6.45) is 6.75. The van der Waals surface area contributed by atoms with Gasteiger partial charge in [-0.05, 0) is 37.2 Å². The second-order valence-corrected chi connectivity index (χ2v) is 8.32. The Labute approximate surface area is 164 Å². The number of aromatic nitrogens is 3. The number of nitrogens with zero attached hydrogens (tertiary/aromatic N) is 3. The van der Waals surface area contributed by atoms with Crippen LogP contribution in [0.3, 0.4) is 0 Å². The maximum Gasteiger partial charge on any atom is 0.203 e. The molecule has 1 aromatic heterocycles.